The molecule has 5 heterocycles. The quantitative estimate of drug-likeness (QED) is 0.0296. The number of carbonyl (C=O) groups excluding carboxylic acids is 2. The van der Waals surface area contributed by atoms with E-state index >= 15 is 0 Å². The zero-order chi connectivity index (χ0) is 47.2. The number of carbonyl (C=O) groups is 2. The number of imide groups is 1. The maximum Gasteiger partial charge on any atom is 0.262 e. The number of fused-ring (bicyclic) bond motifs is 2. The third-order valence-electron chi connectivity index (χ3n) is 14.3. The lowest BCUT2D eigenvalue weighted by Crippen LogP contribution is -2.30. The van der Waals surface area contributed by atoms with Crippen LogP contribution in [0, 0.1) is 13.8 Å². The van der Waals surface area contributed by atoms with Crippen LogP contribution in [0.1, 0.15) is 255 Å². The van der Waals surface area contributed by atoms with Gasteiger partial charge in [0.2, 0.25) is 0 Å². The van der Waals surface area contributed by atoms with Gasteiger partial charge in [0.15, 0.2) is 0 Å². The van der Waals surface area contributed by atoms with Gasteiger partial charge in [0.1, 0.15) is 11.0 Å². The van der Waals surface area contributed by atoms with E-state index in [2.05, 4.69) is 58.9 Å². The predicted octanol–water partition coefficient (Wildman–Crippen LogP) is 19.9. The van der Waals surface area contributed by atoms with Gasteiger partial charge in [0.25, 0.3) is 11.8 Å². The first-order chi connectivity index (χ1) is 32.9. The molecule has 9 heteroatoms. The molecule has 67 heavy (non-hydrogen) atoms. The summed E-state index contributed by atoms with van der Waals surface area (Å²) < 4.78 is 9.80. The Balaban J connectivity index is 1.22. The zero-order valence-corrected chi connectivity index (χ0v) is 45.7. The minimum atomic E-state index is -0.172. The Kier molecular flexibility index (Phi) is 23.6. The summed E-state index contributed by atoms with van der Waals surface area (Å²) in [6.07, 6.45) is 41.4. The summed E-state index contributed by atoms with van der Waals surface area (Å²) in [4.78, 5) is 38.3. The monoisotopic (exact) mass is 984 g/mol. The fraction of sp³-hybridized carbons (Fsp3) is 0.655. The first kappa shape index (κ1) is 53.6. The molecule has 1 aromatic carbocycles. The van der Waals surface area contributed by atoms with Gasteiger partial charge in [-0.1, -0.05) is 194 Å². The highest BCUT2D eigenvalue weighted by molar-refractivity contribution is 7.24. The van der Waals surface area contributed by atoms with Crippen LogP contribution in [0.5, 0.6) is 0 Å². The number of nitrogens with zero attached hydrogens (tertiary/aromatic N) is 3. The second kappa shape index (κ2) is 29.5. The molecule has 0 radical (unpaired) electrons. The van der Waals surface area contributed by atoms with Crippen molar-refractivity contribution in [2.45, 2.75) is 240 Å². The minimum absolute atomic E-state index is 0.169. The van der Waals surface area contributed by atoms with Crippen LogP contribution in [-0.2, 0) is 12.8 Å². The molecule has 0 atom stereocenters. The molecule has 0 saturated heterocycles. The van der Waals surface area contributed by atoms with Crippen molar-refractivity contribution in [3.05, 3.63) is 56.3 Å². The second-order valence-corrected chi connectivity index (χ2v) is 23.9. The largest absolute Gasteiger partial charge is 0.274 e. The first-order valence-electron chi connectivity index (χ1n) is 27.4. The molecule has 0 aliphatic carbocycles. The molecule has 2 amide bonds. The fourth-order valence-corrected chi connectivity index (χ4v) is 14.3. The van der Waals surface area contributed by atoms with Crippen molar-refractivity contribution < 1.29 is 9.59 Å². The highest BCUT2D eigenvalue weighted by Crippen LogP contribution is 2.50. The van der Waals surface area contributed by atoms with Gasteiger partial charge >= 0.3 is 0 Å². The van der Waals surface area contributed by atoms with Gasteiger partial charge in [-0.3, -0.25) is 14.5 Å². The van der Waals surface area contributed by atoms with Gasteiger partial charge in [-0.15, -0.1) is 34.0 Å². The molecule has 6 rings (SSSR count). The van der Waals surface area contributed by atoms with Gasteiger partial charge in [-0.2, -0.15) is 8.75 Å². The molecule has 1 aliphatic rings. The van der Waals surface area contributed by atoms with Crippen LogP contribution < -0.4 is 0 Å². The molecule has 0 saturated carbocycles. The number of hydrogen-bond acceptors (Lipinski definition) is 8. The van der Waals surface area contributed by atoms with Crippen LogP contribution in [0.15, 0.2) is 24.3 Å². The second-order valence-electron chi connectivity index (χ2n) is 19.8. The van der Waals surface area contributed by atoms with E-state index in [4.69, 9.17) is 8.75 Å². The van der Waals surface area contributed by atoms with E-state index in [1.54, 1.807) is 38.7 Å². The molecule has 5 nitrogen and oxygen atoms in total. The van der Waals surface area contributed by atoms with Crippen LogP contribution >= 0.6 is 45.7 Å². The highest BCUT2D eigenvalue weighted by Gasteiger charge is 2.43. The molecule has 0 N–H and O–H groups in total. The Morgan fingerprint density at radius 3 is 1.25 bits per heavy atom. The van der Waals surface area contributed by atoms with Gasteiger partial charge < -0.3 is 0 Å². The van der Waals surface area contributed by atoms with Crippen molar-refractivity contribution in [1.82, 2.24) is 13.6 Å². The highest BCUT2D eigenvalue weighted by atomic mass is 32.1. The van der Waals surface area contributed by atoms with E-state index in [0.717, 1.165) is 64.0 Å². The average Bonchev–Trinajstić information content (AvgIpc) is 4.18. The van der Waals surface area contributed by atoms with E-state index in [-0.39, 0.29) is 11.8 Å². The molecule has 0 bridgehead atoms. The Labute approximate surface area is 422 Å². The van der Waals surface area contributed by atoms with Gasteiger partial charge in [0, 0.05) is 46.9 Å². The number of amides is 2. The lowest BCUT2D eigenvalue weighted by atomic mass is 9.93. The summed E-state index contributed by atoms with van der Waals surface area (Å²) in [5.41, 5.74) is 7.28. The van der Waals surface area contributed by atoms with Crippen LogP contribution in [-0.4, -0.2) is 32.0 Å². The average molecular weight is 985 g/mol. The molecule has 368 valence electrons. The third-order valence-corrected chi connectivity index (χ3v) is 18.3. The standard InChI is InChI=1S/C58H85N3O2S4/c1-6-9-12-15-18-21-24-27-30-33-36-45-44(5)65-56(46(45)37-34-31-28-25-22-19-16-13-10-7-2)49-41-40-48(66-49)51-53-52(50(47-39-38-43(4)64-47)54-55(51)60-67-59-54)57(62)61(58(53)63)42-35-32-29-26-23-20-17-14-11-8-3/h38-41H,6-37,42H2,1-5H3. The summed E-state index contributed by atoms with van der Waals surface area (Å²) in [7, 11) is 0. The first-order valence-corrected chi connectivity index (χ1v) is 30.5. The fourth-order valence-electron chi connectivity index (χ4n) is 10.4. The zero-order valence-electron chi connectivity index (χ0n) is 42.4. The summed E-state index contributed by atoms with van der Waals surface area (Å²) in [5, 5.41) is 0. The molecular weight excluding hydrogens is 899 g/mol. The van der Waals surface area contributed by atoms with Crippen molar-refractivity contribution in [2.24, 2.45) is 0 Å². The Morgan fingerprint density at radius 1 is 0.418 bits per heavy atom. The Morgan fingerprint density at radius 2 is 0.806 bits per heavy atom. The van der Waals surface area contributed by atoms with Crippen molar-refractivity contribution in [3.8, 4) is 30.6 Å². The molecule has 0 fully saturated rings. The number of hydrogen-bond donors (Lipinski definition) is 0. The summed E-state index contributed by atoms with van der Waals surface area (Å²) in [5.74, 6) is -0.341. The maximum atomic E-state index is 14.8. The number of rotatable bonds is 36. The van der Waals surface area contributed by atoms with Crippen LogP contribution in [0.4, 0.5) is 0 Å². The molecule has 0 spiro atoms. The van der Waals surface area contributed by atoms with Crippen LogP contribution in [0.25, 0.3) is 41.7 Å². The number of unbranched alkanes of at least 4 members (excludes halogenated alkanes) is 27. The topological polar surface area (TPSA) is 63.2 Å². The van der Waals surface area contributed by atoms with Crippen LogP contribution in [0.3, 0.4) is 0 Å². The molecule has 0 unspecified atom stereocenters. The van der Waals surface area contributed by atoms with Crippen molar-refractivity contribution >= 4 is 68.6 Å². The Hall–Kier alpha value is -2.72. The van der Waals surface area contributed by atoms with E-state index in [9.17, 15) is 9.59 Å². The molecule has 1 aliphatic heterocycles. The van der Waals surface area contributed by atoms with E-state index < -0.39 is 0 Å². The van der Waals surface area contributed by atoms with E-state index in [1.807, 2.05) is 11.3 Å². The van der Waals surface area contributed by atoms with Crippen molar-refractivity contribution in [1.29, 1.82) is 0 Å². The van der Waals surface area contributed by atoms with E-state index in [1.165, 1.54) is 205 Å². The minimum Gasteiger partial charge on any atom is -0.274 e. The van der Waals surface area contributed by atoms with Gasteiger partial charge in [0.05, 0.1) is 22.9 Å². The number of aromatic nitrogens is 2. The number of aryl methyl sites for hydroxylation is 2. The predicted molar refractivity (Wildman–Crippen MR) is 295 cm³/mol. The van der Waals surface area contributed by atoms with Crippen molar-refractivity contribution in [2.75, 3.05) is 6.54 Å². The lowest BCUT2D eigenvalue weighted by Gasteiger charge is -2.13. The normalized spacial score (nSPS) is 12.8. The molecule has 4 aromatic heterocycles. The van der Waals surface area contributed by atoms with E-state index in [0.29, 0.717) is 17.7 Å². The summed E-state index contributed by atoms with van der Waals surface area (Å²) in [6, 6.07) is 8.67. The van der Waals surface area contributed by atoms with Crippen LogP contribution in [0.2, 0.25) is 0 Å². The molecular formula is C58H85N3O2S4. The smallest absolute Gasteiger partial charge is 0.262 e. The Bertz CT molecular complexity index is 2240. The maximum absolute atomic E-state index is 14.8. The van der Waals surface area contributed by atoms with Crippen molar-refractivity contribution in [3.63, 3.8) is 0 Å². The van der Waals surface area contributed by atoms with Gasteiger partial charge in [-0.25, -0.2) is 0 Å². The number of benzene rings is 1. The summed E-state index contributed by atoms with van der Waals surface area (Å²) in [6.45, 7) is 11.8. The SMILES string of the molecule is CCCCCCCCCCCCc1c(C)sc(-c2ccc(-c3c4c(c(-c5ccc(C)s5)c5nsnc35)C(=O)N(CCCCCCCCCCCC)C4=O)s2)c1CCCCCCCCCCCC. The van der Waals surface area contributed by atoms with Gasteiger partial charge in [-0.05, 0) is 81.3 Å². The number of thiophene rings is 3. The lowest BCUT2D eigenvalue weighted by molar-refractivity contribution is 0.0652. The summed E-state index contributed by atoms with van der Waals surface area (Å²) >= 11 is 6.60. The molecule has 5 aromatic rings. The third kappa shape index (κ3) is 15.1.